The maximum atomic E-state index is 8.85. The number of hydrogen-bond donors (Lipinski definition) is 1. The fourth-order valence-corrected chi connectivity index (χ4v) is 2.88. The highest BCUT2D eigenvalue weighted by atomic mass is 15.3. The molecule has 2 aliphatic heterocycles. The van der Waals surface area contributed by atoms with Gasteiger partial charge in [-0.25, -0.2) is 0 Å². The van der Waals surface area contributed by atoms with Gasteiger partial charge in [0.15, 0.2) is 0 Å². The minimum absolute atomic E-state index is 0.162. The number of nitriles is 2. The smallest absolute Gasteiger partial charge is 0.136 e. The Bertz CT molecular complexity index is 666. The standard InChI is InChI=1S/C15H14N4/c16-8-13(9-17)11-3-5-12(6-4-11)15-18-10-14-2-1-7-19(14)15/h3-6,14,18H,1-2,7,10H2. The Balaban J connectivity index is 2.07. The molecular weight excluding hydrogens is 236 g/mol. The van der Waals surface area contributed by atoms with Gasteiger partial charge in [-0.1, -0.05) is 24.3 Å². The van der Waals surface area contributed by atoms with Crippen molar-refractivity contribution < 1.29 is 0 Å². The number of hydrogen-bond acceptors (Lipinski definition) is 4. The third-order valence-electron chi connectivity index (χ3n) is 3.84. The fraction of sp³-hybridized carbons (Fsp3) is 0.333. The maximum Gasteiger partial charge on any atom is 0.136 e. The van der Waals surface area contributed by atoms with E-state index in [1.807, 2.05) is 36.4 Å². The zero-order valence-electron chi connectivity index (χ0n) is 10.6. The molecule has 1 N–H and O–H groups in total. The van der Waals surface area contributed by atoms with Crippen LogP contribution in [0.1, 0.15) is 12.8 Å². The lowest BCUT2D eigenvalue weighted by Gasteiger charge is -2.17. The van der Waals surface area contributed by atoms with Crippen LogP contribution < -0.4 is 15.8 Å². The summed E-state index contributed by atoms with van der Waals surface area (Å²) in [6.07, 6.45) is 2.52. The molecule has 0 saturated carbocycles. The van der Waals surface area contributed by atoms with E-state index in [0.29, 0.717) is 11.3 Å². The van der Waals surface area contributed by atoms with Crippen molar-refractivity contribution in [3.8, 4) is 12.1 Å². The lowest BCUT2D eigenvalue weighted by Crippen LogP contribution is -2.27. The number of nitrogens with one attached hydrogen (secondary N) is 1. The molecule has 94 valence electrons. The van der Waals surface area contributed by atoms with Crippen molar-refractivity contribution >= 4 is 11.4 Å². The van der Waals surface area contributed by atoms with Gasteiger partial charge in [0.1, 0.15) is 23.5 Å². The molecule has 4 heteroatoms. The van der Waals surface area contributed by atoms with Crippen LogP contribution >= 0.6 is 0 Å². The minimum atomic E-state index is 0.162. The molecule has 0 radical (unpaired) electrons. The van der Waals surface area contributed by atoms with Crippen molar-refractivity contribution in [1.29, 1.82) is 10.5 Å². The minimum Gasteiger partial charge on any atom is -0.369 e. The molecular formula is C15H14N4. The summed E-state index contributed by atoms with van der Waals surface area (Å²) in [7, 11) is 0. The van der Waals surface area contributed by atoms with E-state index in [1.165, 1.54) is 18.7 Å². The monoisotopic (exact) mass is 250 g/mol. The summed E-state index contributed by atoms with van der Waals surface area (Å²) in [6.45, 7) is 2.13. The first-order valence-corrected chi connectivity index (χ1v) is 6.49. The lowest BCUT2D eigenvalue weighted by molar-refractivity contribution is 0.419. The molecule has 0 aliphatic carbocycles. The summed E-state index contributed by atoms with van der Waals surface area (Å²) in [5, 5.41) is 23.0. The molecule has 0 aromatic heterocycles. The second-order valence-corrected chi connectivity index (χ2v) is 4.89. The molecule has 1 unspecified atom stereocenters. The Morgan fingerprint density at radius 3 is 2.63 bits per heavy atom. The van der Waals surface area contributed by atoms with E-state index in [-0.39, 0.29) is 5.57 Å². The molecule has 3 rings (SSSR count). The van der Waals surface area contributed by atoms with Gasteiger partial charge in [-0.15, -0.1) is 0 Å². The third-order valence-corrected chi connectivity index (χ3v) is 3.84. The molecule has 0 bridgehead atoms. The van der Waals surface area contributed by atoms with Gasteiger partial charge in [-0.3, -0.25) is 0 Å². The Kier molecular flexibility index (Phi) is 2.85. The molecule has 1 atom stereocenters. The van der Waals surface area contributed by atoms with Crippen LogP contribution in [0.15, 0.2) is 24.3 Å². The van der Waals surface area contributed by atoms with Gasteiger partial charge in [0, 0.05) is 29.6 Å². The van der Waals surface area contributed by atoms with Crippen molar-refractivity contribution in [2.45, 2.75) is 18.9 Å². The fourth-order valence-electron chi connectivity index (χ4n) is 2.88. The molecule has 0 spiro atoms. The van der Waals surface area contributed by atoms with E-state index in [2.05, 4.69) is 10.2 Å². The van der Waals surface area contributed by atoms with Gasteiger partial charge in [0.2, 0.25) is 0 Å². The summed E-state index contributed by atoms with van der Waals surface area (Å²) >= 11 is 0. The summed E-state index contributed by atoms with van der Waals surface area (Å²) in [6, 6.07) is 12.1. The first-order valence-electron chi connectivity index (χ1n) is 6.49. The summed E-state index contributed by atoms with van der Waals surface area (Å²) in [4.78, 5) is 2.42. The van der Waals surface area contributed by atoms with Gasteiger partial charge >= 0.3 is 0 Å². The van der Waals surface area contributed by atoms with Crippen LogP contribution in [0.25, 0.3) is 11.4 Å². The van der Waals surface area contributed by atoms with Crippen molar-refractivity contribution in [3.05, 3.63) is 34.7 Å². The molecule has 4 nitrogen and oxygen atoms in total. The summed E-state index contributed by atoms with van der Waals surface area (Å²) in [5.41, 5.74) is 0.162. The van der Waals surface area contributed by atoms with Gasteiger partial charge in [0.05, 0.1) is 0 Å². The van der Waals surface area contributed by atoms with Crippen LogP contribution in [0.2, 0.25) is 0 Å². The van der Waals surface area contributed by atoms with Crippen LogP contribution in [0.3, 0.4) is 0 Å². The normalized spacial score (nSPS) is 20.4. The molecule has 1 aromatic rings. The van der Waals surface area contributed by atoms with E-state index in [0.717, 1.165) is 18.3 Å². The van der Waals surface area contributed by atoms with Crippen LogP contribution in [-0.4, -0.2) is 24.0 Å². The van der Waals surface area contributed by atoms with Gasteiger partial charge < -0.3 is 10.2 Å². The number of fused-ring (bicyclic) bond motifs is 1. The lowest BCUT2D eigenvalue weighted by atomic mass is 10.2. The van der Waals surface area contributed by atoms with Crippen molar-refractivity contribution in [3.63, 3.8) is 0 Å². The molecule has 0 amide bonds. The zero-order chi connectivity index (χ0) is 13.2. The highest BCUT2D eigenvalue weighted by Gasteiger charge is 2.31. The first-order chi connectivity index (χ1) is 9.33. The average Bonchev–Trinajstić information content (AvgIpc) is 3.04. The summed E-state index contributed by atoms with van der Waals surface area (Å²) < 4.78 is 0. The van der Waals surface area contributed by atoms with Gasteiger partial charge in [-0.2, -0.15) is 10.5 Å². The van der Waals surface area contributed by atoms with E-state index in [4.69, 9.17) is 10.5 Å². The molecule has 1 aromatic carbocycles. The van der Waals surface area contributed by atoms with Gasteiger partial charge in [0.25, 0.3) is 0 Å². The number of nitrogens with zero attached hydrogens (tertiary/aromatic N) is 3. The second-order valence-electron chi connectivity index (χ2n) is 4.89. The van der Waals surface area contributed by atoms with Crippen LogP contribution in [-0.2, 0) is 0 Å². The predicted molar refractivity (Wildman–Crippen MR) is 71.5 cm³/mol. The van der Waals surface area contributed by atoms with Crippen molar-refractivity contribution in [2.75, 3.05) is 13.1 Å². The first kappa shape index (κ1) is 11.6. The predicted octanol–water partition coefficient (Wildman–Crippen LogP) is 0.0178. The second kappa shape index (κ2) is 4.66. The molecule has 2 fully saturated rings. The Morgan fingerprint density at radius 1 is 1.21 bits per heavy atom. The average molecular weight is 250 g/mol. The third kappa shape index (κ3) is 1.92. The topological polar surface area (TPSA) is 62.9 Å². The van der Waals surface area contributed by atoms with Crippen LogP contribution in [0, 0.1) is 22.7 Å². The number of rotatable bonds is 0. The van der Waals surface area contributed by atoms with Crippen LogP contribution in [0.4, 0.5) is 0 Å². The Hall–Kier alpha value is -2.46. The van der Waals surface area contributed by atoms with E-state index in [9.17, 15) is 0 Å². The highest BCUT2D eigenvalue weighted by Crippen LogP contribution is 2.25. The van der Waals surface area contributed by atoms with E-state index >= 15 is 0 Å². The SMILES string of the molecule is N#CC(C#N)=c1ccc(=C2NCC3CCCN23)cc1. The number of benzene rings is 1. The quantitative estimate of drug-likeness (QED) is 0.705. The molecule has 2 saturated heterocycles. The van der Waals surface area contributed by atoms with Crippen molar-refractivity contribution in [1.82, 2.24) is 10.2 Å². The van der Waals surface area contributed by atoms with E-state index in [1.54, 1.807) is 0 Å². The molecule has 2 aliphatic rings. The summed E-state index contributed by atoms with van der Waals surface area (Å²) in [5.74, 6) is 1.18. The molecule has 2 heterocycles. The van der Waals surface area contributed by atoms with Gasteiger partial charge in [-0.05, 0) is 12.8 Å². The Labute approximate surface area is 111 Å². The molecule has 19 heavy (non-hydrogen) atoms. The zero-order valence-corrected chi connectivity index (χ0v) is 10.6. The van der Waals surface area contributed by atoms with Crippen molar-refractivity contribution in [2.24, 2.45) is 0 Å². The Morgan fingerprint density at radius 2 is 1.95 bits per heavy atom. The van der Waals surface area contributed by atoms with Crippen LogP contribution in [0.5, 0.6) is 0 Å². The largest absolute Gasteiger partial charge is 0.369 e. The van der Waals surface area contributed by atoms with E-state index < -0.39 is 0 Å². The maximum absolute atomic E-state index is 8.85. The highest BCUT2D eigenvalue weighted by molar-refractivity contribution is 5.72.